The van der Waals surface area contributed by atoms with Gasteiger partial charge in [0, 0.05) is 47.7 Å². The maximum atomic E-state index is 12.4. The zero-order valence-corrected chi connectivity index (χ0v) is 23.3. The molecule has 204 valence electrons. The molecule has 0 amide bonds. The summed E-state index contributed by atoms with van der Waals surface area (Å²) in [5.41, 5.74) is 3.86. The molecule has 1 unspecified atom stereocenters. The van der Waals surface area contributed by atoms with Crippen LogP contribution in [0.15, 0.2) is 110 Å². The third-order valence-corrected chi connectivity index (χ3v) is 7.69. The molecule has 3 heterocycles. The molecule has 3 aromatic carbocycles. The van der Waals surface area contributed by atoms with Crippen LogP contribution in [0.2, 0.25) is 5.02 Å². The minimum Gasteiger partial charge on any atom is -0.497 e. The second kappa shape index (κ2) is 11.0. The van der Waals surface area contributed by atoms with Crippen LogP contribution in [0.5, 0.6) is 11.6 Å². The first kappa shape index (κ1) is 26.5. The fraction of sp³-hybridized carbons (Fsp3) is 0.121. The average Bonchev–Trinajstić information content (AvgIpc) is 3.58. The molecule has 0 fully saturated rings. The van der Waals surface area contributed by atoms with E-state index >= 15 is 0 Å². The first-order valence-electron chi connectivity index (χ1n) is 13.0. The van der Waals surface area contributed by atoms with Crippen molar-refractivity contribution < 1.29 is 14.6 Å². The van der Waals surface area contributed by atoms with E-state index in [9.17, 15) is 5.11 Å². The van der Waals surface area contributed by atoms with Crippen LogP contribution in [0, 0.1) is 0 Å². The quantitative estimate of drug-likeness (QED) is 0.232. The van der Waals surface area contributed by atoms with Gasteiger partial charge in [-0.3, -0.25) is 4.98 Å². The number of rotatable bonds is 8. The molecule has 6 rings (SSSR count). The van der Waals surface area contributed by atoms with Gasteiger partial charge in [-0.15, -0.1) is 0 Å². The summed E-state index contributed by atoms with van der Waals surface area (Å²) in [6.45, 7) is 0. The van der Waals surface area contributed by atoms with E-state index in [4.69, 9.17) is 26.1 Å². The Hall–Kier alpha value is -4.72. The fourth-order valence-corrected chi connectivity index (χ4v) is 5.39. The van der Waals surface area contributed by atoms with Crippen molar-refractivity contribution in [3.63, 3.8) is 0 Å². The van der Waals surface area contributed by atoms with Gasteiger partial charge in [-0.1, -0.05) is 48.0 Å². The SMILES string of the molecule is COc1ccc(C(O)(c2cccnc2)c2ccc3nc(OC)c(Cc4ccc(-n5cccn5)cc4)c(Cl)c3c2)cc1. The summed E-state index contributed by atoms with van der Waals surface area (Å²) in [6, 6.07) is 26.6. The van der Waals surface area contributed by atoms with E-state index in [2.05, 4.69) is 10.1 Å². The number of pyridine rings is 2. The number of benzene rings is 3. The topological polar surface area (TPSA) is 82.3 Å². The zero-order chi connectivity index (χ0) is 28.4. The Balaban J connectivity index is 1.45. The van der Waals surface area contributed by atoms with Gasteiger partial charge in [-0.25, -0.2) is 9.67 Å². The number of methoxy groups -OCH3 is 2. The minimum atomic E-state index is -1.50. The first-order valence-corrected chi connectivity index (χ1v) is 13.4. The zero-order valence-electron chi connectivity index (χ0n) is 22.5. The van der Waals surface area contributed by atoms with E-state index in [0.717, 1.165) is 16.8 Å². The van der Waals surface area contributed by atoms with Crippen LogP contribution in [0.25, 0.3) is 16.6 Å². The van der Waals surface area contributed by atoms with Crippen LogP contribution in [-0.4, -0.2) is 39.1 Å². The van der Waals surface area contributed by atoms with Gasteiger partial charge in [0.1, 0.15) is 11.4 Å². The Bertz CT molecular complexity index is 1790. The predicted molar refractivity (Wildman–Crippen MR) is 159 cm³/mol. The molecule has 0 saturated carbocycles. The summed E-state index contributed by atoms with van der Waals surface area (Å²) in [7, 11) is 3.20. The van der Waals surface area contributed by atoms with Crippen molar-refractivity contribution in [2.45, 2.75) is 12.0 Å². The molecule has 3 aromatic heterocycles. The molecular weight excluding hydrogens is 536 g/mol. The van der Waals surface area contributed by atoms with Crippen molar-refractivity contribution in [2.24, 2.45) is 0 Å². The molecule has 8 heteroatoms. The van der Waals surface area contributed by atoms with Gasteiger partial charge in [0.2, 0.25) is 5.88 Å². The fourth-order valence-electron chi connectivity index (χ4n) is 5.09. The van der Waals surface area contributed by atoms with Crippen LogP contribution in [-0.2, 0) is 12.0 Å². The highest BCUT2D eigenvalue weighted by atomic mass is 35.5. The number of hydrogen-bond acceptors (Lipinski definition) is 6. The van der Waals surface area contributed by atoms with Crippen molar-refractivity contribution in [2.75, 3.05) is 14.2 Å². The maximum Gasteiger partial charge on any atom is 0.218 e. The van der Waals surface area contributed by atoms with Crippen molar-refractivity contribution in [3.8, 4) is 17.3 Å². The lowest BCUT2D eigenvalue weighted by atomic mass is 9.80. The standard InChI is InChI=1S/C33H27ClN4O3/c1-40-27-13-8-23(9-14-27)33(39,25-5-3-16-35-21-25)24-10-15-30-28(20-24)31(34)29(32(37-30)41-2)19-22-6-11-26(12-7-22)38-18-4-17-36-38/h3-18,20-21,39H,19H2,1-2H3. The van der Waals surface area contributed by atoms with E-state index in [-0.39, 0.29) is 0 Å². The lowest BCUT2D eigenvalue weighted by molar-refractivity contribution is 0.125. The molecule has 0 aliphatic heterocycles. The lowest BCUT2D eigenvalue weighted by Gasteiger charge is -2.30. The number of aromatic nitrogens is 4. The first-order chi connectivity index (χ1) is 20.0. The Morgan fingerprint density at radius 1 is 0.854 bits per heavy atom. The highest BCUT2D eigenvalue weighted by Crippen LogP contribution is 2.41. The van der Waals surface area contributed by atoms with Gasteiger partial charge in [-0.2, -0.15) is 5.10 Å². The van der Waals surface area contributed by atoms with Crippen LogP contribution in [0.1, 0.15) is 27.8 Å². The Kier molecular flexibility index (Phi) is 7.14. The third-order valence-electron chi connectivity index (χ3n) is 7.26. The smallest absolute Gasteiger partial charge is 0.218 e. The summed E-state index contributed by atoms with van der Waals surface area (Å²) in [6.07, 6.45) is 7.51. The van der Waals surface area contributed by atoms with Gasteiger partial charge in [-0.05, 0) is 65.2 Å². The van der Waals surface area contributed by atoms with Gasteiger partial charge in [0.15, 0.2) is 0 Å². The highest BCUT2D eigenvalue weighted by Gasteiger charge is 2.35. The minimum absolute atomic E-state index is 0.462. The third kappa shape index (κ3) is 4.90. The molecule has 6 aromatic rings. The lowest BCUT2D eigenvalue weighted by Crippen LogP contribution is -2.29. The number of aliphatic hydroxyl groups is 1. The van der Waals surface area contributed by atoms with Gasteiger partial charge in [0.25, 0.3) is 0 Å². The molecule has 0 saturated heterocycles. The second-order valence-electron chi connectivity index (χ2n) is 9.62. The van der Waals surface area contributed by atoms with E-state index in [1.165, 1.54) is 0 Å². The summed E-state index contributed by atoms with van der Waals surface area (Å²) < 4.78 is 12.8. The van der Waals surface area contributed by atoms with Gasteiger partial charge < -0.3 is 14.6 Å². The molecule has 0 aliphatic carbocycles. The highest BCUT2D eigenvalue weighted by molar-refractivity contribution is 6.36. The number of hydrogen-bond donors (Lipinski definition) is 1. The van der Waals surface area contributed by atoms with E-state index in [0.29, 0.717) is 50.7 Å². The van der Waals surface area contributed by atoms with Crippen LogP contribution in [0.3, 0.4) is 0 Å². The van der Waals surface area contributed by atoms with E-state index in [1.54, 1.807) is 38.9 Å². The van der Waals surface area contributed by atoms with Crippen molar-refractivity contribution in [3.05, 3.63) is 143 Å². The number of fused-ring (bicyclic) bond motifs is 1. The van der Waals surface area contributed by atoms with Crippen LogP contribution >= 0.6 is 11.6 Å². The molecule has 0 radical (unpaired) electrons. The van der Waals surface area contributed by atoms with Crippen LogP contribution < -0.4 is 9.47 Å². The van der Waals surface area contributed by atoms with E-state index < -0.39 is 5.60 Å². The molecule has 1 atom stereocenters. The monoisotopic (exact) mass is 562 g/mol. The summed E-state index contributed by atoms with van der Waals surface area (Å²) in [5, 5.41) is 17.9. The van der Waals surface area contributed by atoms with Crippen LogP contribution in [0.4, 0.5) is 0 Å². The number of halogens is 1. The van der Waals surface area contributed by atoms with Crippen molar-refractivity contribution in [1.82, 2.24) is 19.7 Å². The normalized spacial score (nSPS) is 12.7. The molecule has 0 spiro atoms. The Morgan fingerprint density at radius 2 is 1.63 bits per heavy atom. The van der Waals surface area contributed by atoms with Crippen molar-refractivity contribution in [1.29, 1.82) is 0 Å². The number of ether oxygens (including phenoxy) is 2. The summed E-state index contributed by atoms with van der Waals surface area (Å²) in [5.74, 6) is 1.16. The Labute approximate surface area is 242 Å². The molecule has 7 nitrogen and oxygen atoms in total. The molecule has 41 heavy (non-hydrogen) atoms. The largest absolute Gasteiger partial charge is 0.497 e. The molecule has 1 N–H and O–H groups in total. The average molecular weight is 563 g/mol. The molecule has 0 bridgehead atoms. The number of nitrogens with zero attached hydrogens (tertiary/aromatic N) is 4. The van der Waals surface area contributed by atoms with Gasteiger partial charge in [0.05, 0.1) is 30.4 Å². The van der Waals surface area contributed by atoms with Gasteiger partial charge >= 0.3 is 0 Å². The second-order valence-corrected chi connectivity index (χ2v) is 10.00. The van der Waals surface area contributed by atoms with E-state index in [1.807, 2.05) is 89.7 Å². The maximum absolute atomic E-state index is 12.4. The summed E-state index contributed by atoms with van der Waals surface area (Å²) >= 11 is 7.10. The summed E-state index contributed by atoms with van der Waals surface area (Å²) in [4.78, 5) is 9.05. The Morgan fingerprint density at radius 3 is 2.29 bits per heavy atom. The predicted octanol–water partition coefficient (Wildman–Crippen LogP) is 6.36. The molecular formula is C33H27ClN4O3. The van der Waals surface area contributed by atoms with Crippen molar-refractivity contribution >= 4 is 22.5 Å². The molecule has 0 aliphatic rings.